The van der Waals surface area contributed by atoms with Crippen LogP contribution < -0.4 is 0 Å². The van der Waals surface area contributed by atoms with Gasteiger partial charge in [0.05, 0.1) is 11.6 Å². The molecule has 0 N–H and O–H groups in total. The minimum Gasteiger partial charge on any atom is -0.192 e. The van der Waals surface area contributed by atoms with E-state index in [1.54, 1.807) is 0 Å². The van der Waals surface area contributed by atoms with Gasteiger partial charge >= 0.3 is 0 Å². The Morgan fingerprint density at radius 2 is 1.40 bits per heavy atom. The second-order valence-electron chi connectivity index (χ2n) is 3.02. The van der Waals surface area contributed by atoms with Gasteiger partial charge in [-0.25, -0.2) is 0 Å². The summed E-state index contributed by atoms with van der Waals surface area (Å²) in [6, 6.07) is 19.8. The molecular weight excluding hydrogens is 193 g/mol. The fraction of sp³-hybridized carbons (Fsp3) is 0. The molecule has 15 heavy (non-hydrogen) atoms. The number of hydrogen-bond acceptors (Lipinski definition) is 1. The zero-order valence-electron chi connectivity index (χ0n) is 8.64. The summed E-state index contributed by atoms with van der Waals surface area (Å²) in [5, 5.41) is 8.93. The first-order valence-corrected chi connectivity index (χ1v) is 4.46. The van der Waals surface area contributed by atoms with E-state index >= 15 is 0 Å². The Balaban J connectivity index is 0.00000112. The van der Waals surface area contributed by atoms with Crippen LogP contribution in [0.15, 0.2) is 54.6 Å². The molecule has 0 aliphatic carbocycles. The molecule has 2 aromatic rings. The molecule has 2 heteroatoms. The van der Waals surface area contributed by atoms with Crippen molar-refractivity contribution in [3.05, 3.63) is 60.2 Å². The maximum Gasteiger partial charge on any atom is 0.0998 e. The summed E-state index contributed by atoms with van der Waals surface area (Å²) in [6.07, 6.45) is 0. The van der Waals surface area contributed by atoms with E-state index < -0.39 is 0 Å². The summed E-state index contributed by atoms with van der Waals surface area (Å²) in [5.41, 5.74) is 2.80. The van der Waals surface area contributed by atoms with Crippen LogP contribution in [0.5, 0.6) is 0 Å². The number of rotatable bonds is 1. The van der Waals surface area contributed by atoms with E-state index in [9.17, 15) is 0 Å². The zero-order chi connectivity index (χ0) is 9.80. The SMILES string of the molecule is N#Cc1ccccc1-c1ccccc1.[Na]. The third-order valence-electron chi connectivity index (χ3n) is 2.13. The maximum atomic E-state index is 8.93. The first-order valence-electron chi connectivity index (χ1n) is 4.46. The van der Waals surface area contributed by atoms with Crippen LogP contribution in [-0.4, -0.2) is 29.6 Å². The Bertz CT molecular complexity index is 471. The normalized spacial score (nSPS) is 8.73. The fourth-order valence-electron chi connectivity index (χ4n) is 1.45. The predicted molar refractivity (Wildman–Crippen MR) is 62.3 cm³/mol. The Morgan fingerprint density at radius 3 is 2.07 bits per heavy atom. The summed E-state index contributed by atoms with van der Waals surface area (Å²) in [5.74, 6) is 0. The van der Waals surface area contributed by atoms with Crippen molar-refractivity contribution < 1.29 is 0 Å². The molecule has 0 saturated heterocycles. The van der Waals surface area contributed by atoms with Crippen LogP contribution in [0.1, 0.15) is 5.56 Å². The van der Waals surface area contributed by atoms with Crippen molar-refractivity contribution in [3.63, 3.8) is 0 Å². The van der Waals surface area contributed by atoms with E-state index in [4.69, 9.17) is 5.26 Å². The van der Waals surface area contributed by atoms with Crippen LogP contribution in [-0.2, 0) is 0 Å². The third-order valence-corrected chi connectivity index (χ3v) is 2.13. The van der Waals surface area contributed by atoms with Crippen LogP contribution in [0.4, 0.5) is 0 Å². The van der Waals surface area contributed by atoms with Gasteiger partial charge in [0.1, 0.15) is 0 Å². The molecule has 0 aliphatic heterocycles. The van der Waals surface area contributed by atoms with Crippen molar-refractivity contribution in [2.75, 3.05) is 0 Å². The number of nitrogens with zero attached hydrogens (tertiary/aromatic N) is 1. The van der Waals surface area contributed by atoms with Gasteiger partial charge in [-0.2, -0.15) is 5.26 Å². The molecule has 2 rings (SSSR count). The Kier molecular flexibility index (Phi) is 4.58. The summed E-state index contributed by atoms with van der Waals surface area (Å²) in [4.78, 5) is 0. The topological polar surface area (TPSA) is 23.8 Å². The second-order valence-corrected chi connectivity index (χ2v) is 3.02. The minimum absolute atomic E-state index is 0. The summed E-state index contributed by atoms with van der Waals surface area (Å²) < 4.78 is 0. The molecule has 0 unspecified atom stereocenters. The summed E-state index contributed by atoms with van der Waals surface area (Å²) >= 11 is 0. The van der Waals surface area contributed by atoms with E-state index in [0.717, 1.165) is 16.7 Å². The molecule has 0 fully saturated rings. The van der Waals surface area contributed by atoms with E-state index in [0.29, 0.717) is 0 Å². The molecule has 0 atom stereocenters. The van der Waals surface area contributed by atoms with Gasteiger partial charge in [0.15, 0.2) is 0 Å². The largest absolute Gasteiger partial charge is 0.192 e. The molecule has 1 radical (unpaired) electrons. The van der Waals surface area contributed by atoms with E-state index in [1.807, 2.05) is 54.6 Å². The molecule has 2 aromatic carbocycles. The molecule has 0 aromatic heterocycles. The minimum atomic E-state index is 0. The van der Waals surface area contributed by atoms with Gasteiger partial charge in [-0.15, -0.1) is 0 Å². The predicted octanol–water partition coefficient (Wildman–Crippen LogP) is 2.84. The average molecular weight is 202 g/mol. The smallest absolute Gasteiger partial charge is 0.0998 e. The second kappa shape index (κ2) is 5.72. The van der Waals surface area contributed by atoms with Gasteiger partial charge in [-0.3, -0.25) is 0 Å². The number of hydrogen-bond donors (Lipinski definition) is 0. The quantitative estimate of drug-likeness (QED) is 0.652. The first kappa shape index (κ1) is 12.0. The van der Waals surface area contributed by atoms with Crippen molar-refractivity contribution >= 4 is 29.6 Å². The van der Waals surface area contributed by atoms with Crippen molar-refractivity contribution in [3.8, 4) is 17.2 Å². The van der Waals surface area contributed by atoms with E-state index in [2.05, 4.69) is 6.07 Å². The maximum absolute atomic E-state index is 8.93. The number of nitriles is 1. The van der Waals surface area contributed by atoms with Gasteiger partial charge in [0, 0.05) is 29.6 Å². The summed E-state index contributed by atoms with van der Waals surface area (Å²) in [7, 11) is 0. The van der Waals surface area contributed by atoms with Crippen molar-refractivity contribution in [1.29, 1.82) is 5.26 Å². The van der Waals surface area contributed by atoms with Crippen LogP contribution in [0.3, 0.4) is 0 Å². The first-order chi connectivity index (χ1) is 6.92. The standard InChI is InChI=1S/C13H9N.Na/c14-10-12-8-4-5-9-13(12)11-6-2-1-3-7-11;/h1-9H;. The monoisotopic (exact) mass is 202 g/mol. The van der Waals surface area contributed by atoms with Gasteiger partial charge in [0.25, 0.3) is 0 Å². The molecule has 0 bridgehead atoms. The van der Waals surface area contributed by atoms with Gasteiger partial charge in [-0.1, -0.05) is 48.5 Å². The van der Waals surface area contributed by atoms with Crippen LogP contribution in [0, 0.1) is 11.3 Å². The van der Waals surface area contributed by atoms with Crippen molar-refractivity contribution in [2.24, 2.45) is 0 Å². The van der Waals surface area contributed by atoms with Crippen LogP contribution in [0.2, 0.25) is 0 Å². The van der Waals surface area contributed by atoms with E-state index in [1.165, 1.54) is 0 Å². The molecule has 0 saturated carbocycles. The molecule has 0 spiro atoms. The van der Waals surface area contributed by atoms with E-state index in [-0.39, 0.29) is 29.6 Å². The summed E-state index contributed by atoms with van der Waals surface area (Å²) in [6.45, 7) is 0. The molecular formula is C13H9NNa. The Morgan fingerprint density at radius 1 is 0.800 bits per heavy atom. The van der Waals surface area contributed by atoms with Crippen LogP contribution in [0.25, 0.3) is 11.1 Å². The van der Waals surface area contributed by atoms with Crippen LogP contribution >= 0.6 is 0 Å². The Hall–Kier alpha value is -1.07. The zero-order valence-corrected chi connectivity index (χ0v) is 10.6. The number of benzene rings is 2. The molecule has 0 heterocycles. The molecule has 67 valence electrons. The molecule has 0 amide bonds. The van der Waals surface area contributed by atoms with Gasteiger partial charge in [-0.05, 0) is 17.2 Å². The Labute approximate surface area is 112 Å². The molecule has 1 nitrogen and oxygen atoms in total. The average Bonchev–Trinajstić information content (AvgIpc) is 2.30. The van der Waals surface area contributed by atoms with Crippen molar-refractivity contribution in [2.45, 2.75) is 0 Å². The molecule has 0 aliphatic rings. The van der Waals surface area contributed by atoms with Gasteiger partial charge < -0.3 is 0 Å². The fourth-order valence-corrected chi connectivity index (χ4v) is 1.45. The van der Waals surface area contributed by atoms with Crippen molar-refractivity contribution in [1.82, 2.24) is 0 Å². The van der Waals surface area contributed by atoms with Gasteiger partial charge in [0.2, 0.25) is 0 Å². The third kappa shape index (κ3) is 2.70.